The Morgan fingerprint density at radius 1 is 0.579 bits per heavy atom. The van der Waals surface area contributed by atoms with Crippen molar-refractivity contribution in [2.24, 2.45) is 0 Å². The van der Waals surface area contributed by atoms with Crippen molar-refractivity contribution in [1.82, 2.24) is 4.13 Å². The van der Waals surface area contributed by atoms with Crippen LogP contribution in [0.15, 0.2) is 0 Å². The molecule has 1 aliphatic rings. The molecule has 0 spiro atoms. The van der Waals surface area contributed by atoms with Gasteiger partial charge < -0.3 is 0 Å². The molecular weight excluding hydrogens is 342 g/mol. The summed E-state index contributed by atoms with van der Waals surface area (Å²) >= 11 is 0. The molecule has 0 radical (unpaired) electrons. The van der Waals surface area contributed by atoms with Crippen molar-refractivity contribution in [3.8, 4) is 0 Å². The molecular formula is C4HF8NO4S2. The van der Waals surface area contributed by atoms with Crippen LogP contribution in [0.1, 0.15) is 0 Å². The van der Waals surface area contributed by atoms with Crippen LogP contribution in [0.25, 0.3) is 0 Å². The van der Waals surface area contributed by atoms with E-state index in [0.717, 1.165) is 0 Å². The molecule has 15 heteroatoms. The Hall–Kier alpha value is -0.700. The van der Waals surface area contributed by atoms with E-state index < -0.39 is 46.5 Å². The fourth-order valence-electron chi connectivity index (χ4n) is 0.952. The summed E-state index contributed by atoms with van der Waals surface area (Å²) in [6.45, 7) is 0. The molecule has 0 unspecified atom stereocenters. The van der Waals surface area contributed by atoms with Crippen LogP contribution in [0.2, 0.25) is 0 Å². The van der Waals surface area contributed by atoms with E-state index in [1.807, 2.05) is 0 Å². The van der Waals surface area contributed by atoms with Crippen molar-refractivity contribution in [3.05, 3.63) is 0 Å². The molecule has 0 aromatic carbocycles. The molecule has 0 bridgehead atoms. The predicted molar refractivity (Wildman–Crippen MR) is 40.8 cm³/mol. The number of alkyl halides is 8. The molecule has 1 N–H and O–H groups in total. The summed E-state index contributed by atoms with van der Waals surface area (Å²) in [5.74, 6) is -14.3. The standard InChI is InChI=1S/C4HF8NO4S2/c5-1(6)2(7,8)4(11,12)19(16,17)13-18(14,15)3(1,9)10/h13H. The van der Waals surface area contributed by atoms with Crippen LogP contribution in [0, 0.1) is 0 Å². The van der Waals surface area contributed by atoms with Gasteiger partial charge >= 0.3 is 22.4 Å². The lowest BCUT2D eigenvalue weighted by atomic mass is 10.2. The Bertz CT molecular complexity index is 553. The fourth-order valence-corrected chi connectivity index (χ4v) is 3.88. The van der Waals surface area contributed by atoms with Crippen LogP contribution < -0.4 is 4.13 Å². The average Bonchev–Trinajstić information content (AvgIpc) is 2.14. The second-order valence-electron chi connectivity index (χ2n) is 3.27. The lowest BCUT2D eigenvalue weighted by Gasteiger charge is -2.30. The first-order chi connectivity index (χ1) is 7.96. The number of hydrogen-bond acceptors (Lipinski definition) is 4. The smallest absolute Gasteiger partial charge is 0.205 e. The third-order valence-corrected chi connectivity index (χ3v) is 5.64. The molecule has 1 fully saturated rings. The molecule has 19 heavy (non-hydrogen) atoms. The van der Waals surface area contributed by atoms with Gasteiger partial charge in [0.15, 0.2) is 0 Å². The Balaban J connectivity index is 3.92. The first-order valence-electron chi connectivity index (χ1n) is 3.75. The van der Waals surface area contributed by atoms with Crippen molar-refractivity contribution in [2.75, 3.05) is 0 Å². The summed E-state index contributed by atoms with van der Waals surface area (Å²) in [4.78, 5) is 0. The average molecular weight is 343 g/mol. The molecule has 5 nitrogen and oxygen atoms in total. The quantitative estimate of drug-likeness (QED) is 0.657. The lowest BCUT2D eigenvalue weighted by Crippen LogP contribution is -2.62. The molecule has 0 aliphatic carbocycles. The van der Waals surface area contributed by atoms with E-state index >= 15 is 0 Å². The highest BCUT2D eigenvalue weighted by atomic mass is 32.3. The summed E-state index contributed by atoms with van der Waals surface area (Å²) < 4.78 is 143. The summed E-state index contributed by atoms with van der Waals surface area (Å²) in [5, 5.41) is -13.6. The molecule has 1 saturated heterocycles. The Morgan fingerprint density at radius 3 is 1.00 bits per heavy atom. The van der Waals surface area contributed by atoms with Gasteiger partial charge in [0.2, 0.25) is 0 Å². The van der Waals surface area contributed by atoms with Crippen LogP contribution in [0.3, 0.4) is 0 Å². The van der Waals surface area contributed by atoms with E-state index in [9.17, 15) is 52.0 Å². The molecule has 0 amide bonds. The van der Waals surface area contributed by atoms with E-state index in [2.05, 4.69) is 0 Å². The van der Waals surface area contributed by atoms with E-state index in [0.29, 0.717) is 0 Å². The van der Waals surface area contributed by atoms with Gasteiger partial charge in [-0.3, -0.25) is 0 Å². The Kier molecular flexibility index (Phi) is 3.00. The van der Waals surface area contributed by atoms with Gasteiger partial charge in [0.05, 0.1) is 0 Å². The predicted octanol–water partition coefficient (Wildman–Crippen LogP) is 0.705. The molecule has 1 rings (SSSR count). The number of rotatable bonds is 0. The van der Waals surface area contributed by atoms with Crippen molar-refractivity contribution in [1.29, 1.82) is 0 Å². The number of sulfonamides is 2. The van der Waals surface area contributed by atoms with E-state index in [1.165, 1.54) is 0 Å². The van der Waals surface area contributed by atoms with Gasteiger partial charge in [-0.25, -0.2) is 16.8 Å². The normalized spacial score (nSPS) is 33.3. The van der Waals surface area contributed by atoms with Crippen LogP contribution >= 0.6 is 0 Å². The maximum atomic E-state index is 12.7. The minimum absolute atomic E-state index is 0.529. The fraction of sp³-hybridized carbons (Fsp3) is 1.00. The van der Waals surface area contributed by atoms with Gasteiger partial charge in [-0.2, -0.15) is 35.1 Å². The molecule has 0 atom stereocenters. The van der Waals surface area contributed by atoms with Crippen LogP contribution in [-0.4, -0.2) is 39.2 Å². The second-order valence-corrected chi connectivity index (χ2v) is 6.98. The van der Waals surface area contributed by atoms with Gasteiger partial charge in [0, 0.05) is 0 Å². The topological polar surface area (TPSA) is 80.3 Å². The van der Waals surface area contributed by atoms with Crippen molar-refractivity contribution in [2.45, 2.75) is 22.4 Å². The summed E-state index contributed by atoms with van der Waals surface area (Å²) in [5.41, 5.74) is 0. The van der Waals surface area contributed by atoms with E-state index in [1.54, 1.807) is 0 Å². The van der Waals surface area contributed by atoms with Crippen LogP contribution in [0.4, 0.5) is 35.1 Å². The molecule has 0 aromatic heterocycles. The lowest BCUT2D eigenvalue weighted by molar-refractivity contribution is -0.324. The third kappa shape index (κ3) is 1.60. The molecule has 1 aliphatic heterocycles. The minimum Gasteiger partial charge on any atom is -0.205 e. The first-order valence-corrected chi connectivity index (χ1v) is 6.71. The van der Waals surface area contributed by atoms with Gasteiger partial charge in [0.1, 0.15) is 0 Å². The van der Waals surface area contributed by atoms with Gasteiger partial charge in [0.25, 0.3) is 20.0 Å². The van der Waals surface area contributed by atoms with Crippen molar-refractivity contribution < 1.29 is 52.0 Å². The maximum Gasteiger partial charge on any atom is 0.428 e. The molecule has 1 heterocycles. The number of hydrogen-bond donors (Lipinski definition) is 1. The highest BCUT2D eigenvalue weighted by molar-refractivity contribution is 8.05. The van der Waals surface area contributed by atoms with Gasteiger partial charge in [-0.05, 0) is 0 Å². The van der Waals surface area contributed by atoms with Crippen LogP contribution in [-0.2, 0) is 20.0 Å². The molecule has 114 valence electrons. The number of halogens is 8. The Morgan fingerprint density at radius 2 is 0.789 bits per heavy atom. The molecule has 0 saturated carbocycles. The zero-order valence-electron chi connectivity index (χ0n) is 7.97. The summed E-state index contributed by atoms with van der Waals surface area (Å²) in [6, 6.07) is 0. The highest BCUT2D eigenvalue weighted by Crippen LogP contribution is 2.57. The zero-order valence-corrected chi connectivity index (χ0v) is 9.61. The zero-order chi connectivity index (χ0) is 15.7. The second kappa shape index (κ2) is 3.49. The summed E-state index contributed by atoms with van der Waals surface area (Å²) in [7, 11) is -14.1. The largest absolute Gasteiger partial charge is 0.428 e. The van der Waals surface area contributed by atoms with Gasteiger partial charge in [-0.15, -0.1) is 0 Å². The van der Waals surface area contributed by atoms with Crippen molar-refractivity contribution >= 4 is 20.0 Å². The van der Waals surface area contributed by atoms with Gasteiger partial charge in [-0.1, -0.05) is 4.13 Å². The monoisotopic (exact) mass is 343 g/mol. The van der Waals surface area contributed by atoms with E-state index in [4.69, 9.17) is 0 Å². The Labute approximate surface area is 99.2 Å². The highest BCUT2D eigenvalue weighted by Gasteiger charge is 2.90. The number of nitrogens with one attached hydrogen (secondary N) is 1. The summed E-state index contributed by atoms with van der Waals surface area (Å²) in [6.07, 6.45) is 0. The minimum atomic E-state index is -7.17. The SMILES string of the molecule is O=S1(=O)NS(=O)(=O)C(F)(F)C(F)(F)C(F)(F)C1(F)F. The van der Waals surface area contributed by atoms with Crippen molar-refractivity contribution in [3.63, 3.8) is 0 Å². The van der Waals surface area contributed by atoms with Crippen LogP contribution in [0.5, 0.6) is 0 Å². The maximum absolute atomic E-state index is 12.7. The third-order valence-electron chi connectivity index (χ3n) is 2.02. The molecule has 0 aromatic rings. The first kappa shape index (κ1) is 16.4. The van der Waals surface area contributed by atoms with E-state index in [-0.39, 0.29) is 0 Å².